The third kappa shape index (κ3) is 3.65. The SMILES string of the molecule is CCN(CC)C(=O)N(CC)Cc1cccc(N)c1. The molecule has 0 aliphatic rings. The maximum Gasteiger partial charge on any atom is 0.320 e. The Balaban J connectivity index is 2.75. The van der Waals surface area contributed by atoms with E-state index in [9.17, 15) is 4.79 Å². The van der Waals surface area contributed by atoms with Gasteiger partial charge >= 0.3 is 6.03 Å². The lowest BCUT2D eigenvalue weighted by Crippen LogP contribution is -2.42. The normalized spacial score (nSPS) is 10.2. The highest BCUT2D eigenvalue weighted by molar-refractivity contribution is 5.74. The number of urea groups is 1. The monoisotopic (exact) mass is 249 g/mol. The zero-order valence-electron chi connectivity index (χ0n) is 11.5. The number of benzene rings is 1. The van der Waals surface area contributed by atoms with Gasteiger partial charge in [0.1, 0.15) is 0 Å². The van der Waals surface area contributed by atoms with Crippen LogP contribution in [0.25, 0.3) is 0 Å². The average Bonchev–Trinajstić information content (AvgIpc) is 2.37. The minimum absolute atomic E-state index is 0.0879. The average molecular weight is 249 g/mol. The maximum absolute atomic E-state index is 12.2. The van der Waals surface area contributed by atoms with Crippen LogP contribution < -0.4 is 5.73 Å². The molecule has 0 unspecified atom stereocenters. The number of carbonyl (C=O) groups is 1. The summed E-state index contributed by atoms with van der Waals surface area (Å²) in [6, 6.07) is 7.77. The molecule has 0 heterocycles. The van der Waals surface area contributed by atoms with Gasteiger partial charge in [-0.25, -0.2) is 4.79 Å². The van der Waals surface area contributed by atoms with Crippen molar-refractivity contribution in [3.63, 3.8) is 0 Å². The molecular formula is C14H23N3O. The predicted octanol–water partition coefficient (Wildman–Crippen LogP) is 2.55. The topological polar surface area (TPSA) is 49.6 Å². The minimum Gasteiger partial charge on any atom is -0.399 e. The second-order valence-electron chi connectivity index (χ2n) is 4.21. The zero-order chi connectivity index (χ0) is 13.5. The van der Waals surface area contributed by atoms with Gasteiger partial charge < -0.3 is 15.5 Å². The molecule has 0 radical (unpaired) electrons. The minimum atomic E-state index is 0.0879. The summed E-state index contributed by atoms with van der Waals surface area (Å²) in [5, 5.41) is 0. The van der Waals surface area contributed by atoms with Crippen molar-refractivity contribution in [2.75, 3.05) is 25.4 Å². The lowest BCUT2D eigenvalue weighted by atomic mass is 10.2. The molecule has 2 N–H and O–H groups in total. The van der Waals surface area contributed by atoms with Crippen molar-refractivity contribution in [1.29, 1.82) is 0 Å². The van der Waals surface area contributed by atoms with Gasteiger partial charge in [-0.2, -0.15) is 0 Å². The molecule has 2 amide bonds. The first-order chi connectivity index (χ1) is 8.62. The van der Waals surface area contributed by atoms with E-state index in [1.54, 1.807) is 0 Å². The van der Waals surface area contributed by atoms with Crippen molar-refractivity contribution >= 4 is 11.7 Å². The van der Waals surface area contributed by atoms with Crippen LogP contribution in [0.5, 0.6) is 0 Å². The van der Waals surface area contributed by atoms with Gasteiger partial charge in [0.25, 0.3) is 0 Å². The molecule has 0 spiro atoms. The first kappa shape index (κ1) is 14.4. The second-order valence-corrected chi connectivity index (χ2v) is 4.21. The lowest BCUT2D eigenvalue weighted by molar-refractivity contribution is 0.157. The van der Waals surface area contributed by atoms with Crippen molar-refractivity contribution in [3.8, 4) is 0 Å². The molecular weight excluding hydrogens is 226 g/mol. The first-order valence-electron chi connectivity index (χ1n) is 6.50. The molecule has 4 nitrogen and oxygen atoms in total. The Morgan fingerprint density at radius 3 is 2.22 bits per heavy atom. The van der Waals surface area contributed by atoms with Crippen LogP contribution in [0.4, 0.5) is 10.5 Å². The van der Waals surface area contributed by atoms with Crippen LogP contribution in [0.15, 0.2) is 24.3 Å². The van der Waals surface area contributed by atoms with Gasteiger partial charge in [0.15, 0.2) is 0 Å². The molecule has 1 rings (SSSR count). The number of amides is 2. The Morgan fingerprint density at radius 1 is 1.11 bits per heavy atom. The van der Waals surface area contributed by atoms with Crippen LogP contribution in [-0.2, 0) is 6.54 Å². The van der Waals surface area contributed by atoms with Gasteiger partial charge in [-0.05, 0) is 38.5 Å². The van der Waals surface area contributed by atoms with Crippen LogP contribution in [0.2, 0.25) is 0 Å². The van der Waals surface area contributed by atoms with Crippen LogP contribution >= 0.6 is 0 Å². The first-order valence-corrected chi connectivity index (χ1v) is 6.50. The number of hydrogen-bond donors (Lipinski definition) is 1. The van der Waals surface area contributed by atoms with Gasteiger partial charge in [-0.3, -0.25) is 0 Å². The summed E-state index contributed by atoms with van der Waals surface area (Å²) < 4.78 is 0. The molecule has 0 aliphatic carbocycles. The highest BCUT2D eigenvalue weighted by atomic mass is 16.2. The summed E-state index contributed by atoms with van der Waals surface area (Å²) >= 11 is 0. The molecule has 0 atom stereocenters. The molecule has 100 valence electrons. The van der Waals surface area contributed by atoms with E-state index in [0.717, 1.165) is 24.3 Å². The summed E-state index contributed by atoms with van der Waals surface area (Å²) in [7, 11) is 0. The highest BCUT2D eigenvalue weighted by Gasteiger charge is 2.17. The Hall–Kier alpha value is -1.71. The Kier molecular flexibility index (Phi) is 5.49. The number of rotatable bonds is 5. The van der Waals surface area contributed by atoms with Crippen molar-refractivity contribution in [1.82, 2.24) is 9.80 Å². The predicted molar refractivity (Wildman–Crippen MR) is 75.3 cm³/mol. The molecule has 0 saturated carbocycles. The van der Waals surface area contributed by atoms with Gasteiger partial charge in [0.2, 0.25) is 0 Å². The van der Waals surface area contributed by atoms with Gasteiger partial charge in [0, 0.05) is 31.9 Å². The van der Waals surface area contributed by atoms with E-state index in [0.29, 0.717) is 13.1 Å². The van der Waals surface area contributed by atoms with Crippen LogP contribution in [0.3, 0.4) is 0 Å². The smallest absolute Gasteiger partial charge is 0.320 e. The fourth-order valence-corrected chi connectivity index (χ4v) is 1.92. The van der Waals surface area contributed by atoms with E-state index in [4.69, 9.17) is 5.73 Å². The standard InChI is InChI=1S/C14H23N3O/c1-4-16(5-2)14(18)17(6-3)11-12-8-7-9-13(15)10-12/h7-10H,4-6,11,15H2,1-3H3. The van der Waals surface area contributed by atoms with E-state index in [1.807, 2.05) is 54.8 Å². The van der Waals surface area contributed by atoms with Crippen molar-refractivity contribution in [3.05, 3.63) is 29.8 Å². The summed E-state index contributed by atoms with van der Waals surface area (Å²) in [6.45, 7) is 8.77. The molecule has 4 heteroatoms. The van der Waals surface area contributed by atoms with Crippen molar-refractivity contribution < 1.29 is 4.79 Å². The van der Waals surface area contributed by atoms with Crippen LogP contribution in [-0.4, -0.2) is 35.5 Å². The second kappa shape index (κ2) is 6.89. The number of hydrogen-bond acceptors (Lipinski definition) is 2. The molecule has 0 aliphatic heterocycles. The zero-order valence-corrected chi connectivity index (χ0v) is 11.5. The highest BCUT2D eigenvalue weighted by Crippen LogP contribution is 2.11. The Bertz CT molecular complexity index is 388. The molecule has 18 heavy (non-hydrogen) atoms. The summed E-state index contributed by atoms with van der Waals surface area (Å²) in [5.74, 6) is 0. The van der Waals surface area contributed by atoms with Gasteiger partial charge in [-0.1, -0.05) is 12.1 Å². The van der Waals surface area contributed by atoms with Crippen molar-refractivity contribution in [2.45, 2.75) is 27.3 Å². The van der Waals surface area contributed by atoms with E-state index >= 15 is 0 Å². The summed E-state index contributed by atoms with van der Waals surface area (Å²) in [6.07, 6.45) is 0. The number of nitrogens with two attached hydrogens (primary N) is 1. The number of nitrogen functional groups attached to an aromatic ring is 1. The molecule has 1 aromatic rings. The van der Waals surface area contributed by atoms with E-state index in [1.165, 1.54) is 0 Å². The summed E-state index contributed by atoms with van der Waals surface area (Å²) in [4.78, 5) is 15.9. The summed E-state index contributed by atoms with van der Waals surface area (Å²) in [5.41, 5.74) is 7.55. The fraction of sp³-hybridized carbons (Fsp3) is 0.500. The van der Waals surface area contributed by atoms with Gasteiger partial charge in [-0.15, -0.1) is 0 Å². The van der Waals surface area contributed by atoms with E-state index in [-0.39, 0.29) is 6.03 Å². The third-order valence-corrected chi connectivity index (χ3v) is 3.01. The molecule has 0 fully saturated rings. The molecule has 0 aromatic heterocycles. The Morgan fingerprint density at radius 2 is 1.72 bits per heavy atom. The lowest BCUT2D eigenvalue weighted by Gasteiger charge is -2.28. The third-order valence-electron chi connectivity index (χ3n) is 3.01. The van der Waals surface area contributed by atoms with Crippen LogP contribution in [0, 0.1) is 0 Å². The largest absolute Gasteiger partial charge is 0.399 e. The maximum atomic E-state index is 12.2. The van der Waals surface area contributed by atoms with Gasteiger partial charge in [0.05, 0.1) is 0 Å². The molecule has 0 saturated heterocycles. The number of carbonyl (C=O) groups excluding carboxylic acids is 1. The fourth-order valence-electron chi connectivity index (χ4n) is 1.92. The van der Waals surface area contributed by atoms with Crippen molar-refractivity contribution in [2.24, 2.45) is 0 Å². The van der Waals surface area contributed by atoms with E-state index < -0.39 is 0 Å². The molecule has 0 bridgehead atoms. The number of anilines is 1. The van der Waals surface area contributed by atoms with E-state index in [2.05, 4.69) is 0 Å². The van der Waals surface area contributed by atoms with Crippen LogP contribution in [0.1, 0.15) is 26.3 Å². The Labute approximate surface area is 109 Å². The number of nitrogens with zero attached hydrogens (tertiary/aromatic N) is 2. The molecule has 1 aromatic carbocycles. The quantitative estimate of drug-likeness (QED) is 0.815.